The van der Waals surface area contributed by atoms with Gasteiger partial charge in [0, 0.05) is 6.07 Å². The molecule has 0 atom stereocenters. The van der Waals surface area contributed by atoms with Crippen LogP contribution in [0.25, 0.3) is 10.6 Å². The highest BCUT2D eigenvalue weighted by molar-refractivity contribution is 7.13. The first-order valence-corrected chi connectivity index (χ1v) is 6.10. The Morgan fingerprint density at radius 3 is 3.00 bits per heavy atom. The first-order valence-electron chi connectivity index (χ1n) is 5.22. The lowest BCUT2D eigenvalue weighted by molar-refractivity contribution is 0.0947. The number of carbonyl (C=O) groups excluding carboxylic acids is 1. The number of thiophene rings is 1. The zero-order chi connectivity index (χ0) is 12.5. The molecule has 0 amide bonds. The number of carbonyl (C=O) groups is 1. The second-order valence-corrected chi connectivity index (χ2v) is 4.61. The number of aromatic nitrogens is 2. The minimum Gasteiger partial charge on any atom is -0.472 e. The summed E-state index contributed by atoms with van der Waals surface area (Å²) in [7, 11) is 0. The first-order chi connectivity index (χ1) is 8.75. The van der Waals surface area contributed by atoms with E-state index in [1.54, 1.807) is 12.1 Å². The van der Waals surface area contributed by atoms with Crippen LogP contribution in [0.2, 0.25) is 0 Å². The molecule has 0 aliphatic heterocycles. The van der Waals surface area contributed by atoms with Gasteiger partial charge in [-0.05, 0) is 17.5 Å². The molecule has 3 rings (SSSR count). The van der Waals surface area contributed by atoms with E-state index in [0.29, 0.717) is 17.1 Å². The van der Waals surface area contributed by atoms with E-state index >= 15 is 0 Å². The van der Waals surface area contributed by atoms with Gasteiger partial charge in [0.15, 0.2) is 0 Å². The number of nitrogen functional groups attached to an aromatic ring is 1. The minimum absolute atomic E-state index is 0.260. The molecule has 0 aromatic carbocycles. The third kappa shape index (κ3) is 1.72. The molecular weight excluding hydrogens is 250 g/mol. The molecule has 0 bridgehead atoms. The van der Waals surface area contributed by atoms with Gasteiger partial charge in [0.2, 0.25) is 0 Å². The number of nitrogens with zero attached hydrogens (tertiary/aromatic N) is 2. The van der Waals surface area contributed by atoms with Gasteiger partial charge in [0.1, 0.15) is 12.1 Å². The maximum atomic E-state index is 12.2. The third-order valence-corrected chi connectivity index (χ3v) is 3.35. The van der Waals surface area contributed by atoms with E-state index in [9.17, 15) is 4.79 Å². The van der Waals surface area contributed by atoms with Crippen molar-refractivity contribution in [1.82, 2.24) is 9.78 Å². The van der Waals surface area contributed by atoms with Crippen molar-refractivity contribution in [2.75, 3.05) is 5.73 Å². The maximum Gasteiger partial charge on any atom is 0.282 e. The SMILES string of the molecule is Nc1cc(-c2cccs2)n(C(=O)c2ccoc2)n1. The molecule has 90 valence electrons. The summed E-state index contributed by atoms with van der Waals surface area (Å²) in [5.74, 6) is 0.0547. The van der Waals surface area contributed by atoms with E-state index in [1.165, 1.54) is 28.5 Å². The molecule has 6 heteroatoms. The fourth-order valence-corrected chi connectivity index (χ4v) is 2.39. The van der Waals surface area contributed by atoms with Crippen molar-refractivity contribution in [2.24, 2.45) is 0 Å². The molecule has 0 aliphatic carbocycles. The van der Waals surface area contributed by atoms with Gasteiger partial charge in [0.25, 0.3) is 5.91 Å². The fraction of sp³-hybridized carbons (Fsp3) is 0. The van der Waals surface area contributed by atoms with E-state index in [4.69, 9.17) is 10.2 Å². The summed E-state index contributed by atoms with van der Waals surface area (Å²) in [6, 6.07) is 7.11. The zero-order valence-corrected chi connectivity index (χ0v) is 10.1. The Labute approximate surface area is 106 Å². The summed E-state index contributed by atoms with van der Waals surface area (Å²) in [5, 5.41) is 5.97. The molecule has 3 aromatic rings. The molecule has 0 radical (unpaired) electrons. The Morgan fingerprint density at radius 1 is 1.44 bits per heavy atom. The highest BCUT2D eigenvalue weighted by Crippen LogP contribution is 2.26. The molecule has 0 aliphatic rings. The van der Waals surface area contributed by atoms with E-state index in [-0.39, 0.29) is 5.91 Å². The van der Waals surface area contributed by atoms with Gasteiger partial charge >= 0.3 is 0 Å². The number of nitrogens with two attached hydrogens (primary N) is 1. The number of rotatable bonds is 2. The van der Waals surface area contributed by atoms with Crippen molar-refractivity contribution in [3.63, 3.8) is 0 Å². The smallest absolute Gasteiger partial charge is 0.282 e. The largest absolute Gasteiger partial charge is 0.472 e. The van der Waals surface area contributed by atoms with Gasteiger partial charge in [-0.1, -0.05) is 6.07 Å². The van der Waals surface area contributed by atoms with Crippen molar-refractivity contribution in [2.45, 2.75) is 0 Å². The molecule has 0 saturated carbocycles. The summed E-state index contributed by atoms with van der Waals surface area (Å²) >= 11 is 1.53. The van der Waals surface area contributed by atoms with Crippen LogP contribution >= 0.6 is 11.3 Å². The number of anilines is 1. The standard InChI is InChI=1S/C12H9N3O2S/c13-11-6-9(10-2-1-5-18-10)15(14-11)12(16)8-3-4-17-7-8/h1-7H,(H2,13,14). The molecule has 18 heavy (non-hydrogen) atoms. The molecule has 0 spiro atoms. The van der Waals surface area contributed by atoms with Crippen LogP contribution in [0.3, 0.4) is 0 Å². The summed E-state index contributed by atoms with van der Waals surface area (Å²) in [6.07, 6.45) is 2.84. The summed E-state index contributed by atoms with van der Waals surface area (Å²) in [5.41, 5.74) is 6.80. The average Bonchev–Trinajstić information content (AvgIpc) is 3.09. The summed E-state index contributed by atoms with van der Waals surface area (Å²) in [6.45, 7) is 0. The predicted molar refractivity (Wildman–Crippen MR) is 68.4 cm³/mol. The van der Waals surface area contributed by atoms with Gasteiger partial charge in [0.05, 0.1) is 22.4 Å². The maximum absolute atomic E-state index is 12.2. The molecule has 0 unspecified atom stereocenters. The number of furan rings is 1. The van der Waals surface area contributed by atoms with Crippen molar-refractivity contribution in [3.8, 4) is 10.6 Å². The topological polar surface area (TPSA) is 74.0 Å². The second-order valence-electron chi connectivity index (χ2n) is 3.66. The molecular formula is C12H9N3O2S. The normalized spacial score (nSPS) is 10.7. The van der Waals surface area contributed by atoms with Crippen LogP contribution < -0.4 is 5.73 Å². The highest BCUT2D eigenvalue weighted by atomic mass is 32.1. The first kappa shape index (κ1) is 10.8. The molecule has 0 saturated heterocycles. The van der Waals surface area contributed by atoms with Crippen LogP contribution in [0.4, 0.5) is 5.82 Å². The van der Waals surface area contributed by atoms with Crippen LogP contribution in [-0.2, 0) is 0 Å². The van der Waals surface area contributed by atoms with Crippen LogP contribution in [-0.4, -0.2) is 15.7 Å². The molecule has 2 N–H and O–H groups in total. The molecule has 3 heterocycles. The Morgan fingerprint density at radius 2 is 2.33 bits per heavy atom. The van der Waals surface area contributed by atoms with Gasteiger partial charge in [-0.25, -0.2) is 0 Å². The lowest BCUT2D eigenvalue weighted by atomic mass is 10.3. The van der Waals surface area contributed by atoms with Crippen LogP contribution in [0.1, 0.15) is 10.4 Å². The lowest BCUT2D eigenvalue weighted by Gasteiger charge is -2.01. The number of hydrogen-bond acceptors (Lipinski definition) is 5. The lowest BCUT2D eigenvalue weighted by Crippen LogP contribution is -2.14. The molecule has 5 nitrogen and oxygen atoms in total. The second kappa shape index (κ2) is 4.15. The molecule has 0 fully saturated rings. The monoisotopic (exact) mass is 259 g/mol. The zero-order valence-electron chi connectivity index (χ0n) is 9.24. The number of hydrogen-bond donors (Lipinski definition) is 1. The third-order valence-electron chi connectivity index (χ3n) is 2.46. The van der Waals surface area contributed by atoms with E-state index in [0.717, 1.165) is 4.88 Å². The predicted octanol–water partition coefficient (Wildman–Crippen LogP) is 2.48. The Bertz CT molecular complexity index is 668. The minimum atomic E-state index is -0.260. The Balaban J connectivity index is 2.10. The van der Waals surface area contributed by atoms with Gasteiger partial charge in [-0.15, -0.1) is 16.4 Å². The summed E-state index contributed by atoms with van der Waals surface area (Å²) < 4.78 is 6.20. The average molecular weight is 259 g/mol. The fourth-order valence-electron chi connectivity index (χ4n) is 1.66. The van der Waals surface area contributed by atoms with E-state index < -0.39 is 0 Å². The van der Waals surface area contributed by atoms with Crippen molar-refractivity contribution < 1.29 is 9.21 Å². The van der Waals surface area contributed by atoms with Crippen molar-refractivity contribution in [3.05, 3.63) is 47.7 Å². The van der Waals surface area contributed by atoms with E-state index in [1.807, 2.05) is 17.5 Å². The quantitative estimate of drug-likeness (QED) is 0.767. The van der Waals surface area contributed by atoms with Gasteiger partial charge in [-0.3, -0.25) is 4.79 Å². The van der Waals surface area contributed by atoms with Gasteiger partial charge in [-0.2, -0.15) is 4.68 Å². The van der Waals surface area contributed by atoms with Crippen LogP contribution in [0, 0.1) is 0 Å². The molecule has 3 aromatic heterocycles. The Kier molecular flexibility index (Phi) is 2.49. The Hall–Kier alpha value is -2.34. The van der Waals surface area contributed by atoms with Crippen LogP contribution in [0.15, 0.2) is 46.6 Å². The van der Waals surface area contributed by atoms with Gasteiger partial charge < -0.3 is 10.2 Å². The van der Waals surface area contributed by atoms with Crippen LogP contribution in [0.5, 0.6) is 0 Å². The van der Waals surface area contributed by atoms with Crippen molar-refractivity contribution in [1.29, 1.82) is 0 Å². The summed E-state index contributed by atoms with van der Waals surface area (Å²) in [4.78, 5) is 13.2. The van der Waals surface area contributed by atoms with Crippen molar-refractivity contribution >= 4 is 23.1 Å². The highest BCUT2D eigenvalue weighted by Gasteiger charge is 2.17. The van der Waals surface area contributed by atoms with E-state index in [2.05, 4.69) is 5.10 Å².